The summed E-state index contributed by atoms with van der Waals surface area (Å²) in [7, 11) is 0. The number of alkyl halides is 6. The van der Waals surface area contributed by atoms with E-state index in [1.807, 2.05) is 0 Å². The van der Waals surface area contributed by atoms with E-state index in [1.165, 1.54) is 0 Å². The molecule has 0 fully saturated rings. The van der Waals surface area contributed by atoms with Gasteiger partial charge in [0.05, 0.1) is 0 Å². The van der Waals surface area contributed by atoms with Gasteiger partial charge in [0.1, 0.15) is 0 Å². The van der Waals surface area contributed by atoms with Crippen molar-refractivity contribution in [3.8, 4) is 0 Å². The Hall–Kier alpha value is -0.915. The fourth-order valence-corrected chi connectivity index (χ4v) is 1.18. The summed E-state index contributed by atoms with van der Waals surface area (Å²) in [5.74, 6) is 0. The molecule has 1 aromatic rings. The summed E-state index contributed by atoms with van der Waals surface area (Å²) < 4.78 is 73.5. The second-order valence-electron chi connectivity index (χ2n) is 2.96. The Kier molecular flexibility index (Phi) is 3.42. The third kappa shape index (κ3) is 3.04. The van der Waals surface area contributed by atoms with Crippen molar-refractivity contribution in [1.82, 2.24) is 0 Å². The molecule has 0 unspecified atom stereocenters. The van der Waals surface area contributed by atoms with Crippen LogP contribution in [0, 0.1) is 0 Å². The predicted molar refractivity (Wildman–Crippen MR) is 49.4 cm³/mol. The van der Waals surface area contributed by atoms with Gasteiger partial charge in [-0.1, -0.05) is 0 Å². The van der Waals surface area contributed by atoms with Gasteiger partial charge in [-0.05, 0) is 0 Å². The minimum atomic E-state index is -4.83. The van der Waals surface area contributed by atoms with Crippen LogP contribution in [-0.4, -0.2) is 6.15 Å². The molecule has 8 heteroatoms. The van der Waals surface area contributed by atoms with Crippen LogP contribution in [0.5, 0.6) is 0 Å². The van der Waals surface area contributed by atoms with Crippen molar-refractivity contribution in [2.45, 2.75) is 12.4 Å². The molecule has 0 atom stereocenters. The molecule has 0 heterocycles. The molecule has 0 nitrogen and oxygen atoms in total. The molecule has 86 valence electrons. The molecule has 0 aliphatic carbocycles. The standard InChI is InChI=1S/C8H3BF6S/c10-7(11,12)4-1-5(8(13,14)15)3-6(2-4)9-16/h1-3H. The Morgan fingerprint density at radius 1 is 0.812 bits per heavy atom. The molecule has 0 amide bonds. The second-order valence-corrected chi connectivity index (χ2v) is 3.19. The van der Waals surface area contributed by atoms with Gasteiger partial charge in [-0.3, -0.25) is 0 Å². The first-order valence-electron chi connectivity index (χ1n) is 3.89. The number of halogens is 6. The first kappa shape index (κ1) is 13.2. The normalized spacial score (nSPS) is 12.4. The van der Waals surface area contributed by atoms with Crippen LogP contribution < -0.4 is 5.46 Å². The van der Waals surface area contributed by atoms with E-state index >= 15 is 0 Å². The van der Waals surface area contributed by atoms with E-state index in [9.17, 15) is 26.3 Å². The Bertz CT molecular complexity index is 376. The Labute approximate surface area is 92.4 Å². The summed E-state index contributed by atoms with van der Waals surface area (Å²) in [6, 6.07) is 1.20. The molecular weight excluding hydrogens is 253 g/mol. The van der Waals surface area contributed by atoms with Crippen LogP contribution in [-0.2, 0) is 12.4 Å². The molecule has 0 aromatic heterocycles. The Morgan fingerprint density at radius 3 is 1.44 bits per heavy atom. The van der Waals surface area contributed by atoms with E-state index in [0.717, 1.165) is 6.15 Å². The average molecular weight is 256 g/mol. The van der Waals surface area contributed by atoms with Gasteiger partial charge >= 0.3 is 91.7 Å². The second kappa shape index (κ2) is 4.16. The van der Waals surface area contributed by atoms with Gasteiger partial charge in [0, 0.05) is 0 Å². The summed E-state index contributed by atoms with van der Waals surface area (Å²) in [5.41, 5.74) is -3.02. The summed E-state index contributed by atoms with van der Waals surface area (Å²) >= 11 is 4.32. The summed E-state index contributed by atoms with van der Waals surface area (Å²) in [4.78, 5) is 0. The van der Waals surface area contributed by atoms with Gasteiger partial charge in [0.25, 0.3) is 0 Å². The molecule has 1 aromatic carbocycles. The fraction of sp³-hybridized carbons (Fsp3) is 0.250. The van der Waals surface area contributed by atoms with Crippen LogP contribution >= 0.6 is 12.1 Å². The van der Waals surface area contributed by atoms with Crippen molar-refractivity contribution >= 4 is 23.7 Å². The van der Waals surface area contributed by atoms with Gasteiger partial charge < -0.3 is 0 Å². The molecule has 1 rings (SSSR count). The summed E-state index contributed by atoms with van der Waals surface area (Å²) in [6.45, 7) is 0. The average Bonchev–Trinajstić information content (AvgIpc) is 2.14. The van der Waals surface area contributed by atoms with Crippen molar-refractivity contribution in [2.75, 3.05) is 0 Å². The fourth-order valence-electron chi connectivity index (χ4n) is 1.05. The van der Waals surface area contributed by atoms with Crippen LogP contribution in [0.4, 0.5) is 26.3 Å². The van der Waals surface area contributed by atoms with Gasteiger partial charge in [-0.25, -0.2) is 0 Å². The van der Waals surface area contributed by atoms with E-state index in [2.05, 4.69) is 12.1 Å². The molecule has 0 bridgehead atoms. The molecule has 16 heavy (non-hydrogen) atoms. The molecule has 0 aliphatic rings. The van der Waals surface area contributed by atoms with Crippen molar-refractivity contribution in [2.24, 2.45) is 0 Å². The van der Waals surface area contributed by atoms with Crippen molar-refractivity contribution < 1.29 is 26.3 Å². The molecule has 0 saturated heterocycles. The van der Waals surface area contributed by atoms with Gasteiger partial charge in [-0.2, -0.15) is 0 Å². The first-order valence-corrected chi connectivity index (χ1v) is 4.36. The van der Waals surface area contributed by atoms with E-state index in [0.29, 0.717) is 12.1 Å². The number of benzene rings is 1. The zero-order valence-electron chi connectivity index (χ0n) is 7.49. The van der Waals surface area contributed by atoms with Gasteiger partial charge in [0.15, 0.2) is 0 Å². The van der Waals surface area contributed by atoms with Crippen LogP contribution in [0.2, 0.25) is 0 Å². The first-order chi connectivity index (χ1) is 7.14. The zero-order valence-corrected chi connectivity index (χ0v) is 8.30. The van der Waals surface area contributed by atoms with Crippen LogP contribution in [0.15, 0.2) is 18.2 Å². The predicted octanol–water partition coefficient (Wildman–Crippen LogP) is 3.17. The van der Waals surface area contributed by atoms with E-state index in [-0.39, 0.29) is 11.5 Å². The molecule has 0 spiro atoms. The summed E-state index contributed by atoms with van der Waals surface area (Å²) in [5, 5.41) is 0. The van der Waals surface area contributed by atoms with E-state index < -0.39 is 23.5 Å². The molecule has 0 radical (unpaired) electrons. The van der Waals surface area contributed by atoms with Gasteiger partial charge in [-0.15, -0.1) is 0 Å². The van der Waals surface area contributed by atoms with E-state index in [4.69, 9.17) is 0 Å². The van der Waals surface area contributed by atoms with Crippen molar-refractivity contribution in [3.63, 3.8) is 0 Å². The minimum absolute atomic E-state index is 0.0579. The number of hydrogen-bond donors (Lipinski definition) is 0. The molecule has 0 N–H and O–H groups in total. The van der Waals surface area contributed by atoms with Gasteiger partial charge in [0.2, 0.25) is 0 Å². The van der Waals surface area contributed by atoms with Crippen molar-refractivity contribution in [3.05, 3.63) is 29.3 Å². The van der Waals surface area contributed by atoms with Crippen LogP contribution in [0.25, 0.3) is 0 Å². The van der Waals surface area contributed by atoms with E-state index in [1.54, 1.807) is 0 Å². The Morgan fingerprint density at radius 2 is 1.19 bits per heavy atom. The molecule has 0 aliphatic heterocycles. The van der Waals surface area contributed by atoms with Crippen molar-refractivity contribution in [1.29, 1.82) is 0 Å². The number of hydrogen-bond acceptors (Lipinski definition) is 1. The van der Waals surface area contributed by atoms with Crippen LogP contribution in [0.1, 0.15) is 11.1 Å². The third-order valence-electron chi connectivity index (χ3n) is 1.75. The zero-order chi connectivity index (χ0) is 12.6. The Balaban J connectivity index is 3.39. The number of rotatable bonds is 1. The quantitative estimate of drug-likeness (QED) is 0.549. The maximum absolute atomic E-state index is 12.3. The van der Waals surface area contributed by atoms with Crippen LogP contribution in [0.3, 0.4) is 0 Å². The topological polar surface area (TPSA) is 0 Å². The SMILES string of the molecule is FC(F)(F)c1cc(B=S)cc(C(F)(F)F)c1. The summed E-state index contributed by atoms with van der Waals surface area (Å²) in [6.07, 6.45) is -8.88. The maximum atomic E-state index is 12.3. The third-order valence-corrected chi connectivity index (χ3v) is 2.02. The molecular formula is C8H3BF6S. The molecule has 0 saturated carbocycles. The monoisotopic (exact) mass is 256 g/mol.